The van der Waals surface area contributed by atoms with Crippen LogP contribution in [-0.4, -0.2) is 36.0 Å². The zero-order valence-electron chi connectivity index (χ0n) is 9.88. The van der Waals surface area contributed by atoms with E-state index < -0.39 is 0 Å². The van der Waals surface area contributed by atoms with Gasteiger partial charge in [0.2, 0.25) is 5.91 Å². The molecule has 1 amide bonds. The Kier molecular flexibility index (Phi) is 5.47. The SMILES string of the molecule is CC(C)CNC(=O)CNC1CCSC1C. The van der Waals surface area contributed by atoms with Crippen LogP contribution >= 0.6 is 11.8 Å². The molecule has 1 saturated heterocycles. The second-order valence-corrected chi connectivity index (χ2v) is 6.04. The Morgan fingerprint density at radius 1 is 1.53 bits per heavy atom. The van der Waals surface area contributed by atoms with Crippen molar-refractivity contribution in [2.45, 2.75) is 38.5 Å². The fraction of sp³-hybridized carbons (Fsp3) is 0.909. The van der Waals surface area contributed by atoms with E-state index in [4.69, 9.17) is 0 Å². The quantitative estimate of drug-likeness (QED) is 0.747. The van der Waals surface area contributed by atoms with Gasteiger partial charge in [0, 0.05) is 17.8 Å². The Balaban J connectivity index is 2.11. The first-order valence-electron chi connectivity index (χ1n) is 5.71. The predicted molar refractivity (Wildman–Crippen MR) is 66.2 cm³/mol. The fourth-order valence-corrected chi connectivity index (χ4v) is 2.83. The monoisotopic (exact) mass is 230 g/mol. The van der Waals surface area contributed by atoms with Gasteiger partial charge in [-0.15, -0.1) is 0 Å². The minimum atomic E-state index is 0.118. The number of thioether (sulfide) groups is 1. The number of nitrogens with one attached hydrogen (secondary N) is 2. The molecule has 1 rings (SSSR count). The molecule has 1 heterocycles. The highest BCUT2D eigenvalue weighted by Crippen LogP contribution is 2.25. The molecule has 1 fully saturated rings. The largest absolute Gasteiger partial charge is 0.355 e. The van der Waals surface area contributed by atoms with Crippen molar-refractivity contribution in [1.82, 2.24) is 10.6 Å². The molecule has 15 heavy (non-hydrogen) atoms. The number of hydrogen-bond acceptors (Lipinski definition) is 3. The van der Waals surface area contributed by atoms with Crippen molar-refractivity contribution < 1.29 is 4.79 Å². The molecule has 1 aliphatic heterocycles. The minimum Gasteiger partial charge on any atom is -0.355 e. The summed E-state index contributed by atoms with van der Waals surface area (Å²) in [6.07, 6.45) is 1.18. The van der Waals surface area contributed by atoms with E-state index in [9.17, 15) is 4.79 Å². The number of hydrogen-bond donors (Lipinski definition) is 2. The summed E-state index contributed by atoms with van der Waals surface area (Å²) in [5, 5.41) is 6.88. The molecule has 0 saturated carbocycles. The molecule has 3 nitrogen and oxygen atoms in total. The van der Waals surface area contributed by atoms with Crippen molar-refractivity contribution in [3.63, 3.8) is 0 Å². The Morgan fingerprint density at radius 3 is 2.80 bits per heavy atom. The Hall–Kier alpha value is -0.220. The molecule has 4 heteroatoms. The average Bonchev–Trinajstić information content (AvgIpc) is 2.58. The third kappa shape index (κ3) is 4.89. The van der Waals surface area contributed by atoms with Crippen LogP contribution in [0.3, 0.4) is 0 Å². The second kappa shape index (κ2) is 6.38. The van der Waals surface area contributed by atoms with Crippen molar-refractivity contribution in [3.05, 3.63) is 0 Å². The van der Waals surface area contributed by atoms with Gasteiger partial charge in [-0.1, -0.05) is 20.8 Å². The zero-order chi connectivity index (χ0) is 11.3. The summed E-state index contributed by atoms with van der Waals surface area (Å²) in [7, 11) is 0. The maximum atomic E-state index is 11.4. The molecular weight excluding hydrogens is 208 g/mol. The van der Waals surface area contributed by atoms with Crippen LogP contribution in [0.2, 0.25) is 0 Å². The third-order valence-electron chi connectivity index (χ3n) is 2.61. The summed E-state index contributed by atoms with van der Waals surface area (Å²) in [5.74, 6) is 1.86. The lowest BCUT2D eigenvalue weighted by Gasteiger charge is -2.16. The minimum absolute atomic E-state index is 0.118. The summed E-state index contributed by atoms with van der Waals surface area (Å²) in [6, 6.07) is 0.514. The van der Waals surface area contributed by atoms with Crippen LogP contribution in [0, 0.1) is 5.92 Å². The maximum Gasteiger partial charge on any atom is 0.233 e. The first kappa shape index (κ1) is 12.8. The van der Waals surface area contributed by atoms with Gasteiger partial charge in [0.15, 0.2) is 0 Å². The van der Waals surface area contributed by atoms with E-state index in [-0.39, 0.29) is 5.91 Å². The van der Waals surface area contributed by atoms with E-state index in [1.165, 1.54) is 12.2 Å². The van der Waals surface area contributed by atoms with Gasteiger partial charge in [-0.2, -0.15) is 11.8 Å². The fourth-order valence-electron chi connectivity index (χ4n) is 1.60. The highest BCUT2D eigenvalue weighted by Gasteiger charge is 2.23. The number of rotatable bonds is 5. The van der Waals surface area contributed by atoms with Crippen LogP contribution in [0.1, 0.15) is 27.2 Å². The van der Waals surface area contributed by atoms with Gasteiger partial charge in [0.1, 0.15) is 0 Å². The molecular formula is C11H22N2OS. The summed E-state index contributed by atoms with van der Waals surface area (Å²) in [4.78, 5) is 11.4. The van der Waals surface area contributed by atoms with Gasteiger partial charge in [-0.25, -0.2) is 0 Å². The van der Waals surface area contributed by atoms with Crippen LogP contribution < -0.4 is 10.6 Å². The predicted octanol–water partition coefficient (Wildman–Crippen LogP) is 1.24. The number of carbonyl (C=O) groups is 1. The second-order valence-electron chi connectivity index (χ2n) is 4.55. The molecule has 0 aromatic rings. The van der Waals surface area contributed by atoms with Crippen molar-refractivity contribution in [1.29, 1.82) is 0 Å². The van der Waals surface area contributed by atoms with Gasteiger partial charge in [-0.3, -0.25) is 4.79 Å². The molecule has 0 aromatic heterocycles. The molecule has 0 aromatic carbocycles. The third-order valence-corrected chi connectivity index (χ3v) is 3.93. The van der Waals surface area contributed by atoms with Gasteiger partial charge in [0.05, 0.1) is 6.54 Å². The van der Waals surface area contributed by atoms with Crippen molar-refractivity contribution in [2.24, 2.45) is 5.92 Å². The molecule has 0 radical (unpaired) electrons. The molecule has 0 spiro atoms. The number of carbonyl (C=O) groups excluding carboxylic acids is 1. The van der Waals surface area contributed by atoms with E-state index in [2.05, 4.69) is 31.4 Å². The molecule has 0 bridgehead atoms. The van der Waals surface area contributed by atoms with E-state index >= 15 is 0 Å². The molecule has 88 valence electrons. The van der Waals surface area contributed by atoms with Gasteiger partial charge in [-0.05, 0) is 18.1 Å². The van der Waals surface area contributed by atoms with E-state index in [1.807, 2.05) is 11.8 Å². The van der Waals surface area contributed by atoms with Crippen LogP contribution in [0.5, 0.6) is 0 Å². The van der Waals surface area contributed by atoms with E-state index in [0.717, 1.165) is 6.54 Å². The lowest BCUT2D eigenvalue weighted by Crippen LogP contribution is -2.42. The Labute approximate surface area is 96.8 Å². The molecule has 2 unspecified atom stereocenters. The maximum absolute atomic E-state index is 11.4. The smallest absolute Gasteiger partial charge is 0.233 e. The van der Waals surface area contributed by atoms with Crippen molar-refractivity contribution >= 4 is 17.7 Å². The molecule has 2 atom stereocenters. The van der Waals surface area contributed by atoms with Gasteiger partial charge >= 0.3 is 0 Å². The lowest BCUT2D eigenvalue weighted by molar-refractivity contribution is -0.120. The summed E-state index contributed by atoms with van der Waals surface area (Å²) in [5.41, 5.74) is 0. The molecule has 2 N–H and O–H groups in total. The molecule has 1 aliphatic rings. The van der Waals surface area contributed by atoms with Crippen molar-refractivity contribution in [3.8, 4) is 0 Å². The first-order valence-corrected chi connectivity index (χ1v) is 6.76. The van der Waals surface area contributed by atoms with Crippen LogP contribution in [0.4, 0.5) is 0 Å². The Bertz CT molecular complexity index is 209. The normalized spacial score (nSPS) is 25.9. The summed E-state index contributed by atoms with van der Waals surface area (Å²) >= 11 is 1.98. The highest BCUT2D eigenvalue weighted by atomic mass is 32.2. The van der Waals surface area contributed by atoms with Crippen LogP contribution in [0.15, 0.2) is 0 Å². The first-order chi connectivity index (χ1) is 7.09. The average molecular weight is 230 g/mol. The van der Waals surface area contributed by atoms with Crippen molar-refractivity contribution in [2.75, 3.05) is 18.8 Å². The van der Waals surface area contributed by atoms with Crippen LogP contribution in [-0.2, 0) is 4.79 Å². The highest BCUT2D eigenvalue weighted by molar-refractivity contribution is 8.00. The zero-order valence-corrected chi connectivity index (χ0v) is 10.7. The number of amides is 1. The summed E-state index contributed by atoms with van der Waals surface area (Å²) < 4.78 is 0. The topological polar surface area (TPSA) is 41.1 Å². The summed E-state index contributed by atoms with van der Waals surface area (Å²) in [6.45, 7) is 7.66. The van der Waals surface area contributed by atoms with Gasteiger partial charge < -0.3 is 10.6 Å². The Morgan fingerprint density at radius 2 is 2.27 bits per heavy atom. The van der Waals surface area contributed by atoms with E-state index in [0.29, 0.717) is 23.8 Å². The van der Waals surface area contributed by atoms with E-state index in [1.54, 1.807) is 0 Å². The standard InChI is InChI=1S/C11H22N2OS/c1-8(2)6-13-11(14)7-12-10-4-5-15-9(10)3/h8-10,12H,4-7H2,1-3H3,(H,13,14). The lowest BCUT2D eigenvalue weighted by atomic mass is 10.2. The van der Waals surface area contributed by atoms with Gasteiger partial charge in [0.25, 0.3) is 0 Å². The van der Waals surface area contributed by atoms with Crippen LogP contribution in [0.25, 0.3) is 0 Å². The molecule has 0 aliphatic carbocycles.